The van der Waals surface area contributed by atoms with Gasteiger partial charge in [0.25, 0.3) is 5.91 Å². The van der Waals surface area contributed by atoms with Crippen molar-refractivity contribution >= 4 is 17.4 Å². The van der Waals surface area contributed by atoms with E-state index in [2.05, 4.69) is 41.6 Å². The standard InChI is InChI=1S/C22H22FN3O/c1-15(2)17-5-10-20(11-6-17)26-21-12-7-18(14-24-21)22(27)25-13-16-3-8-19(23)9-4-16/h3-12,14-15H,13H2,1-2H3,(H,24,26)(H,25,27). The SMILES string of the molecule is CC(C)c1ccc(Nc2ccc(C(=O)NCc3ccc(F)cc3)cn2)cc1. The molecule has 4 nitrogen and oxygen atoms in total. The molecule has 27 heavy (non-hydrogen) atoms. The van der Waals surface area contributed by atoms with Crippen LogP contribution in [0.1, 0.15) is 41.3 Å². The first-order chi connectivity index (χ1) is 13.0. The van der Waals surface area contributed by atoms with Gasteiger partial charge in [-0.25, -0.2) is 9.37 Å². The molecule has 0 radical (unpaired) electrons. The summed E-state index contributed by atoms with van der Waals surface area (Å²) in [6.45, 7) is 4.65. The summed E-state index contributed by atoms with van der Waals surface area (Å²) in [5, 5.41) is 6.02. The van der Waals surface area contributed by atoms with Crippen molar-refractivity contribution < 1.29 is 9.18 Å². The molecule has 0 saturated carbocycles. The Hall–Kier alpha value is -3.21. The van der Waals surface area contributed by atoms with Crippen LogP contribution in [0, 0.1) is 5.82 Å². The molecule has 0 aliphatic carbocycles. The van der Waals surface area contributed by atoms with E-state index in [1.165, 1.54) is 23.9 Å². The molecule has 1 amide bonds. The van der Waals surface area contributed by atoms with Crippen molar-refractivity contribution in [3.63, 3.8) is 0 Å². The molecule has 2 aromatic carbocycles. The average Bonchev–Trinajstić information content (AvgIpc) is 2.68. The smallest absolute Gasteiger partial charge is 0.253 e. The number of nitrogens with one attached hydrogen (secondary N) is 2. The zero-order valence-electron chi connectivity index (χ0n) is 15.4. The maximum absolute atomic E-state index is 12.9. The first-order valence-corrected chi connectivity index (χ1v) is 8.87. The third-order valence-electron chi connectivity index (χ3n) is 4.24. The second kappa shape index (κ2) is 8.45. The molecule has 5 heteroatoms. The van der Waals surface area contributed by atoms with Gasteiger partial charge in [-0.1, -0.05) is 38.1 Å². The van der Waals surface area contributed by atoms with Gasteiger partial charge in [-0.3, -0.25) is 4.79 Å². The molecule has 1 heterocycles. The molecular weight excluding hydrogens is 341 g/mol. The lowest BCUT2D eigenvalue weighted by Gasteiger charge is -2.09. The van der Waals surface area contributed by atoms with Gasteiger partial charge in [0, 0.05) is 18.4 Å². The van der Waals surface area contributed by atoms with Crippen LogP contribution in [-0.2, 0) is 6.54 Å². The molecule has 0 aliphatic heterocycles. The van der Waals surface area contributed by atoms with E-state index in [0.29, 0.717) is 23.8 Å². The zero-order chi connectivity index (χ0) is 19.2. The number of pyridine rings is 1. The maximum Gasteiger partial charge on any atom is 0.253 e. The lowest BCUT2D eigenvalue weighted by Crippen LogP contribution is -2.22. The Balaban J connectivity index is 1.57. The van der Waals surface area contributed by atoms with Crippen molar-refractivity contribution in [3.05, 3.63) is 89.4 Å². The Morgan fingerprint density at radius 1 is 1.00 bits per heavy atom. The van der Waals surface area contributed by atoms with Crippen LogP contribution in [0.4, 0.5) is 15.9 Å². The highest BCUT2D eigenvalue weighted by atomic mass is 19.1. The fraction of sp³-hybridized carbons (Fsp3) is 0.182. The van der Waals surface area contributed by atoms with E-state index in [9.17, 15) is 9.18 Å². The normalized spacial score (nSPS) is 10.7. The number of carbonyl (C=O) groups excluding carboxylic acids is 1. The summed E-state index contributed by atoms with van der Waals surface area (Å²) in [6.07, 6.45) is 1.53. The minimum Gasteiger partial charge on any atom is -0.348 e. The van der Waals surface area contributed by atoms with Crippen LogP contribution < -0.4 is 10.6 Å². The molecule has 0 atom stereocenters. The van der Waals surface area contributed by atoms with Gasteiger partial charge in [0.05, 0.1) is 5.56 Å². The summed E-state index contributed by atoms with van der Waals surface area (Å²) >= 11 is 0. The Morgan fingerprint density at radius 2 is 1.70 bits per heavy atom. The minimum atomic E-state index is -0.295. The second-order valence-electron chi connectivity index (χ2n) is 6.64. The lowest BCUT2D eigenvalue weighted by atomic mass is 10.0. The van der Waals surface area contributed by atoms with Gasteiger partial charge in [0.2, 0.25) is 0 Å². The van der Waals surface area contributed by atoms with Gasteiger partial charge in [0.1, 0.15) is 11.6 Å². The Bertz CT molecular complexity index is 888. The first-order valence-electron chi connectivity index (χ1n) is 8.87. The highest BCUT2D eigenvalue weighted by molar-refractivity contribution is 5.94. The van der Waals surface area contributed by atoms with Crippen LogP contribution in [0.15, 0.2) is 66.9 Å². The van der Waals surface area contributed by atoms with E-state index in [1.807, 2.05) is 12.1 Å². The number of carbonyl (C=O) groups is 1. The van der Waals surface area contributed by atoms with E-state index in [1.54, 1.807) is 24.3 Å². The summed E-state index contributed by atoms with van der Waals surface area (Å²) in [6, 6.07) is 17.7. The number of halogens is 1. The van der Waals surface area contributed by atoms with Gasteiger partial charge in [-0.15, -0.1) is 0 Å². The second-order valence-corrected chi connectivity index (χ2v) is 6.64. The molecule has 0 aliphatic rings. The molecule has 0 unspecified atom stereocenters. The molecular formula is C22H22FN3O. The summed E-state index contributed by atoms with van der Waals surface area (Å²) in [4.78, 5) is 16.5. The molecule has 138 valence electrons. The van der Waals surface area contributed by atoms with Gasteiger partial charge in [-0.05, 0) is 53.4 Å². The van der Waals surface area contributed by atoms with Crippen LogP contribution in [0.5, 0.6) is 0 Å². The third-order valence-corrected chi connectivity index (χ3v) is 4.24. The minimum absolute atomic E-state index is 0.223. The van der Waals surface area contributed by atoms with Crippen molar-refractivity contribution in [2.45, 2.75) is 26.3 Å². The summed E-state index contributed by atoms with van der Waals surface area (Å²) in [7, 11) is 0. The summed E-state index contributed by atoms with van der Waals surface area (Å²) < 4.78 is 12.9. The Morgan fingerprint density at radius 3 is 2.30 bits per heavy atom. The van der Waals surface area contributed by atoms with Crippen LogP contribution in [0.25, 0.3) is 0 Å². The van der Waals surface area contributed by atoms with Crippen LogP contribution >= 0.6 is 0 Å². The number of anilines is 2. The predicted octanol–water partition coefficient (Wildman–Crippen LogP) is 5.02. The molecule has 3 rings (SSSR count). The van der Waals surface area contributed by atoms with Crippen LogP contribution in [0.2, 0.25) is 0 Å². The number of aromatic nitrogens is 1. The summed E-state index contributed by atoms with van der Waals surface area (Å²) in [5.74, 6) is 0.642. The van der Waals surface area contributed by atoms with Crippen LogP contribution in [0.3, 0.4) is 0 Å². The third kappa shape index (κ3) is 5.14. The monoisotopic (exact) mass is 363 g/mol. The van der Waals surface area contributed by atoms with E-state index < -0.39 is 0 Å². The number of hydrogen-bond acceptors (Lipinski definition) is 3. The number of benzene rings is 2. The Kier molecular flexibility index (Phi) is 5.81. The number of rotatable bonds is 6. The molecule has 3 aromatic rings. The maximum atomic E-state index is 12.9. The molecule has 2 N–H and O–H groups in total. The van der Waals surface area contributed by atoms with Crippen molar-refractivity contribution in [3.8, 4) is 0 Å². The number of nitrogens with zero attached hydrogens (tertiary/aromatic N) is 1. The average molecular weight is 363 g/mol. The highest BCUT2D eigenvalue weighted by Crippen LogP contribution is 2.19. The fourth-order valence-electron chi connectivity index (χ4n) is 2.59. The van der Waals surface area contributed by atoms with Crippen molar-refractivity contribution in [1.82, 2.24) is 10.3 Å². The molecule has 1 aromatic heterocycles. The highest BCUT2D eigenvalue weighted by Gasteiger charge is 2.07. The predicted molar refractivity (Wildman–Crippen MR) is 106 cm³/mol. The summed E-state index contributed by atoms with van der Waals surface area (Å²) in [5.41, 5.74) is 3.53. The van der Waals surface area contributed by atoms with E-state index in [0.717, 1.165) is 11.3 Å². The molecule has 0 spiro atoms. The Labute approximate surface area is 158 Å². The molecule has 0 bridgehead atoms. The molecule has 0 saturated heterocycles. The topological polar surface area (TPSA) is 54.0 Å². The van der Waals surface area contributed by atoms with Crippen LogP contribution in [-0.4, -0.2) is 10.9 Å². The van der Waals surface area contributed by atoms with Gasteiger partial charge in [-0.2, -0.15) is 0 Å². The van der Waals surface area contributed by atoms with Crippen molar-refractivity contribution in [2.75, 3.05) is 5.32 Å². The van der Waals surface area contributed by atoms with Gasteiger partial charge in [0.15, 0.2) is 0 Å². The lowest BCUT2D eigenvalue weighted by molar-refractivity contribution is 0.0950. The quantitative estimate of drug-likeness (QED) is 0.647. The molecule has 0 fully saturated rings. The van der Waals surface area contributed by atoms with Gasteiger partial charge < -0.3 is 10.6 Å². The van der Waals surface area contributed by atoms with E-state index in [-0.39, 0.29) is 11.7 Å². The number of amides is 1. The fourth-order valence-corrected chi connectivity index (χ4v) is 2.59. The largest absolute Gasteiger partial charge is 0.348 e. The number of hydrogen-bond donors (Lipinski definition) is 2. The first kappa shape index (κ1) is 18.6. The van der Waals surface area contributed by atoms with E-state index >= 15 is 0 Å². The van der Waals surface area contributed by atoms with Crippen molar-refractivity contribution in [2.24, 2.45) is 0 Å². The van der Waals surface area contributed by atoms with Crippen molar-refractivity contribution in [1.29, 1.82) is 0 Å². The van der Waals surface area contributed by atoms with E-state index in [4.69, 9.17) is 0 Å². The zero-order valence-corrected chi connectivity index (χ0v) is 15.4. The van der Waals surface area contributed by atoms with Gasteiger partial charge >= 0.3 is 0 Å².